The van der Waals surface area contributed by atoms with Gasteiger partial charge in [0.1, 0.15) is 0 Å². The van der Waals surface area contributed by atoms with Crippen molar-refractivity contribution >= 4 is 41.7 Å². The van der Waals surface area contributed by atoms with E-state index in [9.17, 15) is 0 Å². The normalized spacial score (nSPS) is 9.00. The number of hydrogen-bond acceptors (Lipinski definition) is 0. The molecule has 1 radical (unpaired) electrons. The SMILES string of the molecule is Cl[As+](Cl)Cl. The van der Waals surface area contributed by atoms with Crippen LogP contribution in [0.5, 0.6) is 0 Å². The van der Waals surface area contributed by atoms with Crippen LogP contribution < -0.4 is 0 Å². The first kappa shape index (κ1) is 5.43. The second-order valence-corrected chi connectivity index (χ2v) is 8.96. The van der Waals surface area contributed by atoms with Crippen molar-refractivity contribution in [3.8, 4) is 0 Å². The van der Waals surface area contributed by atoms with Crippen LogP contribution in [0.25, 0.3) is 0 Å². The summed E-state index contributed by atoms with van der Waals surface area (Å²) in [6.45, 7) is 0. The molecule has 0 N–H and O–H groups in total. The summed E-state index contributed by atoms with van der Waals surface area (Å²) in [6, 6.07) is 0. The molecule has 0 atom stereocenters. The molecule has 0 saturated carbocycles. The fourth-order valence-corrected chi connectivity index (χ4v) is 0. The fraction of sp³-hybridized carbons (Fsp3) is 0. The Morgan fingerprint density at radius 2 is 1.00 bits per heavy atom. The quantitative estimate of drug-likeness (QED) is 0.499. The zero-order valence-electron chi connectivity index (χ0n) is 1.58. The van der Waals surface area contributed by atoms with Crippen molar-refractivity contribution in [2.45, 2.75) is 0 Å². The second-order valence-electron chi connectivity index (χ2n) is 0.192. The van der Waals surface area contributed by atoms with Crippen LogP contribution in [0.15, 0.2) is 0 Å². The fourth-order valence-electron chi connectivity index (χ4n) is 0. The number of hydrogen-bond donors (Lipinski definition) is 0. The molecule has 0 bridgehead atoms. The van der Waals surface area contributed by atoms with Crippen LogP contribution in [0.4, 0.5) is 0 Å². The molecule has 0 aliphatic rings. The third-order valence-electron chi connectivity index (χ3n) is 0. The number of rotatable bonds is 0. The van der Waals surface area contributed by atoms with Gasteiger partial charge in [-0.3, -0.25) is 0 Å². The van der Waals surface area contributed by atoms with Crippen LogP contribution in [0.1, 0.15) is 0 Å². The van der Waals surface area contributed by atoms with E-state index in [4.69, 9.17) is 29.8 Å². The summed E-state index contributed by atoms with van der Waals surface area (Å²) in [5.74, 6) is 0. The van der Waals surface area contributed by atoms with Gasteiger partial charge < -0.3 is 0 Å². The van der Waals surface area contributed by atoms with E-state index in [0.717, 1.165) is 0 Å². The first-order valence-electron chi connectivity index (χ1n) is 0.507. The molecule has 0 rings (SSSR count). The van der Waals surface area contributed by atoms with Crippen LogP contribution >= 0.6 is 29.8 Å². The standard InChI is InChI=1S/AsCl3/c2-1(3)4/q+1. The van der Waals surface area contributed by atoms with Crippen molar-refractivity contribution in [1.29, 1.82) is 0 Å². The molecule has 0 amide bonds. The first-order valence-corrected chi connectivity index (χ1v) is 7.90. The molecule has 0 aromatic carbocycles. The van der Waals surface area contributed by atoms with E-state index in [1.807, 2.05) is 0 Å². The molecular formula is AsCl3+. The summed E-state index contributed by atoms with van der Waals surface area (Å²) in [5.41, 5.74) is 0. The molecule has 0 aliphatic heterocycles. The maximum absolute atomic E-state index is 4.95. The van der Waals surface area contributed by atoms with Crippen molar-refractivity contribution in [3.05, 3.63) is 0 Å². The Balaban J connectivity index is 2.32. The van der Waals surface area contributed by atoms with Gasteiger partial charge in [0.15, 0.2) is 0 Å². The molecule has 0 unspecified atom stereocenters. The summed E-state index contributed by atoms with van der Waals surface area (Å²) in [6.07, 6.45) is 0. The van der Waals surface area contributed by atoms with Crippen LogP contribution in [-0.4, -0.2) is 11.8 Å². The molecule has 0 spiro atoms. The monoisotopic (exact) mass is 180 g/mol. The van der Waals surface area contributed by atoms with E-state index < -0.39 is 11.8 Å². The van der Waals surface area contributed by atoms with Crippen LogP contribution in [0.3, 0.4) is 0 Å². The predicted octanol–water partition coefficient (Wildman–Crippen LogP) is 1.69. The van der Waals surface area contributed by atoms with Gasteiger partial charge in [-0.05, 0) is 0 Å². The van der Waals surface area contributed by atoms with Gasteiger partial charge in [0.05, 0.1) is 0 Å². The third kappa shape index (κ3) is 9.91. The van der Waals surface area contributed by atoms with Gasteiger partial charge in [0.2, 0.25) is 0 Å². The van der Waals surface area contributed by atoms with E-state index in [1.54, 1.807) is 0 Å². The maximum atomic E-state index is 4.95. The van der Waals surface area contributed by atoms with Gasteiger partial charge >= 0.3 is 41.7 Å². The van der Waals surface area contributed by atoms with Gasteiger partial charge in [0.25, 0.3) is 0 Å². The number of halogens is 3. The topological polar surface area (TPSA) is 0 Å². The van der Waals surface area contributed by atoms with Crippen molar-refractivity contribution in [1.82, 2.24) is 0 Å². The van der Waals surface area contributed by atoms with Crippen LogP contribution in [0, 0.1) is 0 Å². The Kier molecular flexibility index (Phi) is 3.60. The molecule has 0 heterocycles. The van der Waals surface area contributed by atoms with Crippen LogP contribution in [-0.2, 0) is 0 Å². The van der Waals surface area contributed by atoms with Crippen molar-refractivity contribution in [2.24, 2.45) is 0 Å². The predicted molar refractivity (Wildman–Crippen MR) is 23.3 cm³/mol. The summed E-state index contributed by atoms with van der Waals surface area (Å²) >= 11 is -1.77. The molecular weight excluding hydrogens is 181 g/mol. The average molecular weight is 181 g/mol. The molecule has 0 aliphatic carbocycles. The molecule has 0 fully saturated rings. The molecule has 0 saturated heterocycles. The summed E-state index contributed by atoms with van der Waals surface area (Å²) in [7, 11) is 14.9. The van der Waals surface area contributed by atoms with Crippen molar-refractivity contribution < 1.29 is 0 Å². The summed E-state index contributed by atoms with van der Waals surface area (Å²) in [4.78, 5) is 0. The Bertz CT molecular complexity index is 8.00. The van der Waals surface area contributed by atoms with Crippen LogP contribution in [0.2, 0.25) is 0 Å². The van der Waals surface area contributed by atoms with Crippen molar-refractivity contribution in [3.63, 3.8) is 0 Å². The Hall–Kier alpha value is 1.43. The van der Waals surface area contributed by atoms with E-state index >= 15 is 0 Å². The zero-order chi connectivity index (χ0) is 3.58. The van der Waals surface area contributed by atoms with E-state index in [2.05, 4.69) is 0 Å². The Morgan fingerprint density at radius 1 is 1.00 bits per heavy atom. The van der Waals surface area contributed by atoms with Gasteiger partial charge in [-0.25, -0.2) is 0 Å². The molecule has 0 aromatic heterocycles. The average Bonchev–Trinajstić information content (AvgIpc) is 0.811. The van der Waals surface area contributed by atoms with Crippen molar-refractivity contribution in [2.75, 3.05) is 0 Å². The Labute approximate surface area is 41.8 Å². The summed E-state index contributed by atoms with van der Waals surface area (Å²) < 4.78 is 0. The minimum absolute atomic E-state index is 1.77. The molecule has 4 heavy (non-hydrogen) atoms. The Morgan fingerprint density at radius 3 is 1.00 bits per heavy atom. The first-order chi connectivity index (χ1) is 1.73. The third-order valence-corrected chi connectivity index (χ3v) is 0. The second kappa shape index (κ2) is 2.65. The molecule has 4 heteroatoms. The van der Waals surface area contributed by atoms with E-state index in [-0.39, 0.29) is 0 Å². The molecule has 25 valence electrons. The zero-order valence-corrected chi connectivity index (χ0v) is 5.73. The van der Waals surface area contributed by atoms with E-state index in [0.29, 0.717) is 0 Å². The summed E-state index contributed by atoms with van der Waals surface area (Å²) in [5, 5.41) is 0. The minimum atomic E-state index is -1.77. The van der Waals surface area contributed by atoms with Gasteiger partial charge in [0, 0.05) is 0 Å². The van der Waals surface area contributed by atoms with E-state index in [1.165, 1.54) is 0 Å². The van der Waals surface area contributed by atoms with Gasteiger partial charge in [-0.1, -0.05) is 0 Å². The van der Waals surface area contributed by atoms with Gasteiger partial charge in [-0.2, -0.15) is 0 Å². The molecule has 0 aromatic rings. The van der Waals surface area contributed by atoms with Gasteiger partial charge in [-0.15, -0.1) is 0 Å². The molecule has 0 nitrogen and oxygen atoms in total.